The van der Waals surface area contributed by atoms with Crippen LogP contribution in [0, 0.1) is 5.92 Å². The van der Waals surface area contributed by atoms with E-state index in [0.29, 0.717) is 27.6 Å². The Balaban J connectivity index is 1.90. The van der Waals surface area contributed by atoms with Crippen molar-refractivity contribution in [2.75, 3.05) is 13.2 Å². The van der Waals surface area contributed by atoms with Gasteiger partial charge in [-0.2, -0.15) is 0 Å². The third-order valence-electron chi connectivity index (χ3n) is 4.26. The molecule has 7 heteroatoms. The number of ether oxygens (including phenoxy) is 1. The molecule has 0 fully saturated rings. The quantitative estimate of drug-likeness (QED) is 0.811. The number of nitrogens with zero attached hydrogens (tertiary/aromatic N) is 2. The molecule has 1 N–H and O–H groups in total. The largest absolute Gasteiger partial charge is 0.504 e. The summed E-state index contributed by atoms with van der Waals surface area (Å²) < 4.78 is 5.63. The van der Waals surface area contributed by atoms with Gasteiger partial charge in [0.15, 0.2) is 11.5 Å². The van der Waals surface area contributed by atoms with Gasteiger partial charge < -0.3 is 14.7 Å². The topological polar surface area (TPSA) is 79.7 Å². The van der Waals surface area contributed by atoms with Gasteiger partial charge in [-0.15, -0.1) is 0 Å². The average Bonchev–Trinajstić information content (AvgIpc) is 2.84. The highest BCUT2D eigenvalue weighted by atomic mass is 35.5. The van der Waals surface area contributed by atoms with Gasteiger partial charge in [0.2, 0.25) is 5.78 Å². The molecule has 0 saturated heterocycles. The molecule has 2 heterocycles. The number of carbonyl (C=O) groups is 2. The molecule has 0 saturated carbocycles. The van der Waals surface area contributed by atoms with Gasteiger partial charge in [-0.1, -0.05) is 25.4 Å². The molecule has 0 atom stereocenters. The van der Waals surface area contributed by atoms with E-state index >= 15 is 0 Å². The molecule has 1 aromatic carbocycles. The van der Waals surface area contributed by atoms with Crippen molar-refractivity contribution < 1.29 is 19.4 Å². The molecule has 0 radical (unpaired) electrons. The summed E-state index contributed by atoms with van der Waals surface area (Å²) in [7, 11) is 0. The second-order valence-electron chi connectivity index (χ2n) is 6.94. The molecule has 0 spiro atoms. The summed E-state index contributed by atoms with van der Waals surface area (Å²) in [6.45, 7) is 4.48. The third-order valence-corrected chi connectivity index (χ3v) is 4.48. The molecule has 1 amide bonds. The summed E-state index contributed by atoms with van der Waals surface area (Å²) in [5, 5.41) is 10.9. The van der Waals surface area contributed by atoms with Crippen molar-refractivity contribution in [3.05, 3.63) is 41.0 Å². The van der Waals surface area contributed by atoms with E-state index in [1.807, 2.05) is 19.9 Å². The van der Waals surface area contributed by atoms with E-state index in [-0.39, 0.29) is 37.8 Å². The Hall–Kier alpha value is -2.60. The summed E-state index contributed by atoms with van der Waals surface area (Å²) in [4.78, 5) is 30.4. The number of benzene rings is 1. The summed E-state index contributed by atoms with van der Waals surface area (Å²) in [5.74, 6) is -0.507. The minimum atomic E-state index is -0.519. The number of carbonyl (C=O) groups excluding carboxylic acids is 2. The molecule has 1 aliphatic rings. The van der Waals surface area contributed by atoms with Gasteiger partial charge in [0.25, 0.3) is 5.91 Å². The third kappa shape index (κ3) is 4.39. The van der Waals surface area contributed by atoms with Gasteiger partial charge in [0, 0.05) is 23.7 Å². The van der Waals surface area contributed by atoms with Gasteiger partial charge >= 0.3 is 0 Å². The van der Waals surface area contributed by atoms with Crippen LogP contribution >= 0.6 is 11.6 Å². The fourth-order valence-electron chi connectivity index (χ4n) is 3.00. The zero-order chi connectivity index (χ0) is 19.6. The molecule has 142 valence electrons. The van der Waals surface area contributed by atoms with Crippen LogP contribution < -0.4 is 4.74 Å². The second-order valence-corrected chi connectivity index (χ2v) is 7.38. The molecule has 2 aromatic rings. The van der Waals surface area contributed by atoms with E-state index in [1.54, 1.807) is 18.2 Å². The van der Waals surface area contributed by atoms with Gasteiger partial charge in [-0.25, -0.2) is 0 Å². The number of halogens is 1. The number of fused-ring (bicyclic) bond motifs is 1. The predicted octanol–water partition coefficient (Wildman–Crippen LogP) is 3.44. The monoisotopic (exact) mass is 388 g/mol. The number of amides is 1. The highest BCUT2D eigenvalue weighted by molar-refractivity contribution is 6.36. The number of rotatable bonds is 4. The Morgan fingerprint density at radius 1 is 1.33 bits per heavy atom. The number of aromatic nitrogens is 1. The Morgan fingerprint density at radius 2 is 2.11 bits per heavy atom. The lowest BCUT2D eigenvalue weighted by Gasteiger charge is -2.19. The van der Waals surface area contributed by atoms with Crippen LogP contribution in [-0.2, 0) is 16.1 Å². The van der Waals surface area contributed by atoms with E-state index < -0.39 is 11.7 Å². The average molecular weight is 389 g/mol. The summed E-state index contributed by atoms with van der Waals surface area (Å²) >= 11 is 5.88. The number of Topliss-reactive ketones (excluding diaryl/α,β-unsaturated/α-hetero) is 1. The first-order valence-corrected chi connectivity index (χ1v) is 9.15. The number of pyridine rings is 1. The standard InChI is InChI=1S/C20H21ClN2O4/c1-12(2)7-18(25)20(26)23-5-6-27-19-14(11-23)8-13(9-17(19)24)16-4-3-15(21)10-22-16/h3-4,8-10,12,24H,5-7,11H2,1-2H3. The summed E-state index contributed by atoms with van der Waals surface area (Å²) in [6, 6.07) is 6.83. The number of phenolic OH excluding ortho intramolecular Hbond substituents is 1. The second kappa shape index (κ2) is 7.96. The summed E-state index contributed by atoms with van der Waals surface area (Å²) in [5.41, 5.74) is 1.94. The van der Waals surface area contributed by atoms with Crippen LogP contribution in [0.2, 0.25) is 5.02 Å². The van der Waals surface area contributed by atoms with Crippen LogP contribution in [0.4, 0.5) is 0 Å². The number of hydrogen-bond acceptors (Lipinski definition) is 5. The highest BCUT2D eigenvalue weighted by Crippen LogP contribution is 2.37. The Kier molecular flexibility index (Phi) is 5.65. The lowest BCUT2D eigenvalue weighted by molar-refractivity contribution is -0.145. The van der Waals surface area contributed by atoms with Crippen molar-refractivity contribution >= 4 is 23.3 Å². The van der Waals surface area contributed by atoms with E-state index in [4.69, 9.17) is 16.3 Å². The first kappa shape index (κ1) is 19.2. The van der Waals surface area contributed by atoms with Crippen LogP contribution in [-0.4, -0.2) is 39.8 Å². The van der Waals surface area contributed by atoms with Gasteiger partial charge in [0.1, 0.15) is 6.61 Å². The maximum atomic E-state index is 12.5. The van der Waals surface area contributed by atoms with Gasteiger partial charge in [-0.3, -0.25) is 14.6 Å². The van der Waals surface area contributed by atoms with Crippen molar-refractivity contribution in [3.63, 3.8) is 0 Å². The van der Waals surface area contributed by atoms with Crippen LogP contribution in [0.15, 0.2) is 30.5 Å². The number of hydrogen-bond donors (Lipinski definition) is 1. The molecule has 0 aliphatic carbocycles. The molecule has 0 bridgehead atoms. The first-order valence-electron chi connectivity index (χ1n) is 8.78. The minimum Gasteiger partial charge on any atom is -0.504 e. The highest BCUT2D eigenvalue weighted by Gasteiger charge is 2.27. The number of phenols is 1. The van der Waals surface area contributed by atoms with Crippen LogP contribution in [0.25, 0.3) is 11.3 Å². The maximum absolute atomic E-state index is 12.5. The molecule has 0 unspecified atom stereocenters. The van der Waals surface area contributed by atoms with Crippen molar-refractivity contribution in [3.8, 4) is 22.8 Å². The SMILES string of the molecule is CC(C)CC(=O)C(=O)N1CCOc2c(O)cc(-c3ccc(Cl)cn3)cc2C1. The van der Waals surface area contributed by atoms with E-state index in [2.05, 4.69) is 4.98 Å². The van der Waals surface area contributed by atoms with Gasteiger partial charge in [-0.05, 0) is 30.2 Å². The van der Waals surface area contributed by atoms with Crippen molar-refractivity contribution in [1.82, 2.24) is 9.88 Å². The lowest BCUT2D eigenvalue weighted by atomic mass is 10.0. The number of aromatic hydroxyl groups is 1. The minimum absolute atomic E-state index is 0.0259. The van der Waals surface area contributed by atoms with Crippen LogP contribution in [0.5, 0.6) is 11.5 Å². The zero-order valence-electron chi connectivity index (χ0n) is 15.2. The molecular formula is C20H21ClN2O4. The number of ketones is 1. The fraction of sp³-hybridized carbons (Fsp3) is 0.350. The van der Waals surface area contributed by atoms with Crippen LogP contribution in [0.3, 0.4) is 0 Å². The maximum Gasteiger partial charge on any atom is 0.290 e. The molecular weight excluding hydrogens is 368 g/mol. The van der Waals surface area contributed by atoms with Crippen molar-refractivity contribution in [1.29, 1.82) is 0 Å². The molecule has 6 nitrogen and oxygen atoms in total. The zero-order valence-corrected chi connectivity index (χ0v) is 16.0. The molecule has 27 heavy (non-hydrogen) atoms. The Labute approximate surface area is 162 Å². The first-order chi connectivity index (χ1) is 12.8. The van der Waals surface area contributed by atoms with E-state index in [9.17, 15) is 14.7 Å². The van der Waals surface area contributed by atoms with Crippen molar-refractivity contribution in [2.24, 2.45) is 5.92 Å². The summed E-state index contributed by atoms with van der Waals surface area (Å²) in [6.07, 6.45) is 1.74. The fourth-order valence-corrected chi connectivity index (χ4v) is 3.11. The molecule has 1 aromatic heterocycles. The predicted molar refractivity (Wildman–Crippen MR) is 102 cm³/mol. The van der Waals surface area contributed by atoms with Crippen molar-refractivity contribution in [2.45, 2.75) is 26.8 Å². The molecule has 1 aliphatic heterocycles. The lowest BCUT2D eigenvalue weighted by Crippen LogP contribution is -2.37. The van der Waals surface area contributed by atoms with Crippen LogP contribution in [0.1, 0.15) is 25.8 Å². The van der Waals surface area contributed by atoms with E-state index in [1.165, 1.54) is 11.1 Å². The van der Waals surface area contributed by atoms with Gasteiger partial charge in [0.05, 0.1) is 23.8 Å². The van der Waals surface area contributed by atoms with E-state index in [0.717, 1.165) is 0 Å². The Morgan fingerprint density at radius 3 is 2.78 bits per heavy atom. The Bertz CT molecular complexity index is 865. The normalized spacial score (nSPS) is 13.7. The molecule has 3 rings (SSSR count). The smallest absolute Gasteiger partial charge is 0.290 e.